The smallest absolute Gasteiger partial charge is 0.146 e. The summed E-state index contributed by atoms with van der Waals surface area (Å²) < 4.78 is 0. The molecule has 0 aliphatic heterocycles. The van der Waals surface area contributed by atoms with Crippen molar-refractivity contribution in [2.24, 2.45) is 0 Å². The van der Waals surface area contributed by atoms with Gasteiger partial charge in [-0.1, -0.05) is 27.7 Å². The summed E-state index contributed by atoms with van der Waals surface area (Å²) in [5, 5.41) is 10.9. The van der Waals surface area contributed by atoms with Crippen LogP contribution in [-0.2, 0) is 0 Å². The first-order valence-electron chi connectivity index (χ1n) is 5.99. The predicted molar refractivity (Wildman–Crippen MR) is 69.4 cm³/mol. The third-order valence-corrected chi connectivity index (χ3v) is 2.91. The predicted octanol–water partition coefficient (Wildman–Crippen LogP) is 3.58. The summed E-state index contributed by atoms with van der Waals surface area (Å²) in [5.41, 5.74) is 2.52. The Hall–Kier alpha value is -1.64. The highest BCUT2D eigenvalue weighted by molar-refractivity contribution is 5.85. The van der Waals surface area contributed by atoms with E-state index in [0.29, 0.717) is 5.92 Å². The third-order valence-electron chi connectivity index (χ3n) is 2.91. The number of nitrogens with zero attached hydrogens (tertiary/aromatic N) is 2. The molecule has 0 radical (unpaired) electrons. The molecule has 3 heteroatoms. The average molecular weight is 230 g/mol. The maximum absolute atomic E-state index is 10.1. The fourth-order valence-electron chi connectivity index (χ4n) is 1.86. The van der Waals surface area contributed by atoms with Gasteiger partial charge in [-0.2, -0.15) is 0 Å². The Bertz CT molecular complexity index is 547. The van der Waals surface area contributed by atoms with E-state index < -0.39 is 0 Å². The van der Waals surface area contributed by atoms with E-state index in [9.17, 15) is 5.11 Å². The second-order valence-electron chi connectivity index (χ2n) is 4.97. The van der Waals surface area contributed by atoms with Crippen LogP contribution in [0.1, 0.15) is 50.9 Å². The second kappa shape index (κ2) is 4.32. The van der Waals surface area contributed by atoms with Crippen molar-refractivity contribution in [1.82, 2.24) is 9.97 Å². The minimum Gasteiger partial charge on any atom is -0.505 e. The van der Waals surface area contributed by atoms with Gasteiger partial charge in [0, 0.05) is 11.1 Å². The highest BCUT2D eigenvalue weighted by Gasteiger charge is 2.12. The van der Waals surface area contributed by atoms with Gasteiger partial charge in [0.25, 0.3) is 0 Å². The van der Waals surface area contributed by atoms with Crippen molar-refractivity contribution in [3.05, 3.63) is 29.7 Å². The summed E-state index contributed by atoms with van der Waals surface area (Å²) >= 11 is 0. The van der Waals surface area contributed by atoms with Crippen LogP contribution in [0.15, 0.2) is 18.3 Å². The van der Waals surface area contributed by atoms with E-state index in [2.05, 4.69) is 23.8 Å². The Kier molecular flexibility index (Phi) is 3.01. The van der Waals surface area contributed by atoms with Crippen LogP contribution < -0.4 is 0 Å². The number of aromatic nitrogens is 2. The molecule has 0 spiro atoms. The molecule has 0 amide bonds. The lowest BCUT2D eigenvalue weighted by atomic mass is 10.0. The molecule has 0 saturated carbocycles. The molecule has 2 aromatic heterocycles. The first-order valence-corrected chi connectivity index (χ1v) is 5.99. The van der Waals surface area contributed by atoms with Gasteiger partial charge in [0.05, 0.1) is 17.4 Å². The molecule has 0 aliphatic rings. The minimum absolute atomic E-state index is 0.212. The van der Waals surface area contributed by atoms with Crippen molar-refractivity contribution in [3.8, 4) is 5.75 Å². The monoisotopic (exact) mass is 230 g/mol. The van der Waals surface area contributed by atoms with E-state index in [-0.39, 0.29) is 11.7 Å². The topological polar surface area (TPSA) is 46.0 Å². The van der Waals surface area contributed by atoms with Gasteiger partial charge in [-0.25, -0.2) is 0 Å². The standard InChI is InChI=1S/C14H18N2O/c1-8(2)11-6-5-10-12(16-11)7-15-13(9(3)4)14(10)17/h5-9,17H,1-4H3. The Morgan fingerprint density at radius 1 is 1.06 bits per heavy atom. The van der Waals surface area contributed by atoms with Gasteiger partial charge < -0.3 is 5.11 Å². The Morgan fingerprint density at radius 3 is 2.35 bits per heavy atom. The molecule has 0 aliphatic carbocycles. The first-order chi connectivity index (χ1) is 8.00. The van der Waals surface area contributed by atoms with Crippen molar-refractivity contribution in [2.45, 2.75) is 39.5 Å². The van der Waals surface area contributed by atoms with Gasteiger partial charge >= 0.3 is 0 Å². The fraction of sp³-hybridized carbons (Fsp3) is 0.429. The number of rotatable bonds is 2. The number of aromatic hydroxyl groups is 1. The zero-order chi connectivity index (χ0) is 12.6. The van der Waals surface area contributed by atoms with Gasteiger partial charge in [-0.15, -0.1) is 0 Å². The van der Waals surface area contributed by atoms with Gasteiger partial charge in [0.2, 0.25) is 0 Å². The van der Waals surface area contributed by atoms with Gasteiger partial charge in [-0.3, -0.25) is 9.97 Å². The Balaban J connectivity index is 2.64. The highest BCUT2D eigenvalue weighted by atomic mass is 16.3. The summed E-state index contributed by atoms with van der Waals surface area (Å²) in [5.74, 6) is 0.857. The highest BCUT2D eigenvalue weighted by Crippen LogP contribution is 2.31. The molecule has 0 aromatic carbocycles. The molecule has 1 N–H and O–H groups in total. The van der Waals surface area contributed by atoms with Crippen LogP contribution in [0, 0.1) is 0 Å². The largest absolute Gasteiger partial charge is 0.505 e. The van der Waals surface area contributed by atoms with Crippen LogP contribution in [0.3, 0.4) is 0 Å². The van der Waals surface area contributed by atoms with Crippen LogP contribution in [0.4, 0.5) is 0 Å². The van der Waals surface area contributed by atoms with E-state index in [1.165, 1.54) is 0 Å². The van der Waals surface area contributed by atoms with E-state index in [0.717, 1.165) is 22.3 Å². The van der Waals surface area contributed by atoms with E-state index in [1.54, 1.807) is 6.20 Å². The summed E-state index contributed by atoms with van der Waals surface area (Å²) in [6.07, 6.45) is 1.75. The molecule has 0 bridgehead atoms. The molecular weight excluding hydrogens is 212 g/mol. The molecule has 3 nitrogen and oxygen atoms in total. The van der Waals surface area contributed by atoms with Gasteiger partial charge in [0.1, 0.15) is 5.75 Å². The van der Waals surface area contributed by atoms with Crippen molar-refractivity contribution >= 4 is 10.9 Å². The molecular formula is C14H18N2O. The molecule has 90 valence electrons. The lowest BCUT2D eigenvalue weighted by Crippen LogP contribution is -1.97. The molecule has 17 heavy (non-hydrogen) atoms. The van der Waals surface area contributed by atoms with Crippen LogP contribution in [0.2, 0.25) is 0 Å². The number of pyridine rings is 2. The summed E-state index contributed by atoms with van der Waals surface area (Å²) in [6.45, 7) is 8.24. The van der Waals surface area contributed by atoms with Crippen molar-refractivity contribution in [3.63, 3.8) is 0 Å². The number of hydrogen-bond donors (Lipinski definition) is 1. The third kappa shape index (κ3) is 2.09. The maximum atomic E-state index is 10.1. The van der Waals surface area contributed by atoms with Crippen molar-refractivity contribution in [2.75, 3.05) is 0 Å². The zero-order valence-corrected chi connectivity index (χ0v) is 10.7. The Labute approximate surface area is 102 Å². The number of hydrogen-bond acceptors (Lipinski definition) is 3. The molecule has 2 heterocycles. The zero-order valence-electron chi connectivity index (χ0n) is 10.7. The van der Waals surface area contributed by atoms with E-state index >= 15 is 0 Å². The summed E-state index contributed by atoms with van der Waals surface area (Å²) in [7, 11) is 0. The lowest BCUT2D eigenvalue weighted by Gasteiger charge is -2.11. The quantitative estimate of drug-likeness (QED) is 0.857. The molecule has 0 unspecified atom stereocenters. The van der Waals surface area contributed by atoms with E-state index in [4.69, 9.17) is 0 Å². The molecule has 0 saturated heterocycles. The SMILES string of the molecule is CC(C)c1ccc2c(O)c(C(C)C)ncc2n1. The number of fused-ring (bicyclic) bond motifs is 1. The Morgan fingerprint density at radius 2 is 1.76 bits per heavy atom. The average Bonchev–Trinajstić information content (AvgIpc) is 2.28. The van der Waals surface area contributed by atoms with Crippen LogP contribution in [0.5, 0.6) is 5.75 Å². The molecule has 2 rings (SSSR count). The molecule has 2 aromatic rings. The van der Waals surface area contributed by atoms with Crippen molar-refractivity contribution < 1.29 is 5.11 Å². The molecule has 0 atom stereocenters. The van der Waals surface area contributed by atoms with E-state index in [1.807, 2.05) is 26.0 Å². The van der Waals surface area contributed by atoms with Crippen LogP contribution in [-0.4, -0.2) is 15.1 Å². The summed E-state index contributed by atoms with van der Waals surface area (Å²) in [4.78, 5) is 8.81. The lowest BCUT2D eigenvalue weighted by molar-refractivity contribution is 0.466. The minimum atomic E-state index is 0.212. The first kappa shape index (κ1) is 11.8. The molecule has 0 fully saturated rings. The van der Waals surface area contributed by atoms with Crippen LogP contribution >= 0.6 is 0 Å². The fourth-order valence-corrected chi connectivity index (χ4v) is 1.86. The van der Waals surface area contributed by atoms with Gasteiger partial charge in [-0.05, 0) is 24.0 Å². The van der Waals surface area contributed by atoms with Crippen molar-refractivity contribution in [1.29, 1.82) is 0 Å². The van der Waals surface area contributed by atoms with Gasteiger partial charge in [0.15, 0.2) is 0 Å². The normalized spacial score (nSPS) is 11.6. The maximum Gasteiger partial charge on any atom is 0.146 e. The van der Waals surface area contributed by atoms with Crippen LogP contribution in [0.25, 0.3) is 10.9 Å². The second-order valence-corrected chi connectivity index (χ2v) is 4.97. The summed E-state index contributed by atoms with van der Waals surface area (Å²) in [6, 6.07) is 3.90.